The molecule has 0 aliphatic heterocycles. The van der Waals surface area contributed by atoms with Crippen LogP contribution >= 0.6 is 0 Å². The predicted octanol–water partition coefficient (Wildman–Crippen LogP) is -0.353. The zero-order valence-electron chi connectivity index (χ0n) is 24.9. The maximum Gasteiger partial charge on any atom is 0.333 e. The Bertz CT molecular complexity index is 741. The average molecular weight is 588 g/mol. The minimum absolute atomic E-state index is 0. The Morgan fingerprint density at radius 2 is 1.28 bits per heavy atom. The van der Waals surface area contributed by atoms with E-state index in [1.807, 2.05) is 21.1 Å². The lowest BCUT2D eigenvalue weighted by Crippen LogP contribution is -3.00. The standard InChI is InChI=1S/C14H27NO4.C9H18NO2.C3H4O2.CH4.ClH.H2O/c1-11(12(16)17)7-8-14(2,3)13(18)19-10-9-15(4,5)6;1-8(2)9(11)12-7-6-10(3,4)5;1-2-3(4)5;;;/h11H,7-10H2,1-6H3;1,6-7H2,2-5H3;2H,1H2,(H,4,5);1H4;1H;1H2/q;+1;;;;. The lowest BCUT2D eigenvalue weighted by molar-refractivity contribution is -0.870. The number of ether oxygens (including phenoxy) is 2. The second-order valence-electron chi connectivity index (χ2n) is 11.3. The van der Waals surface area contributed by atoms with Crippen LogP contribution in [-0.2, 0) is 28.7 Å². The molecule has 4 N–H and O–H groups in total. The number of halogens is 1. The number of aliphatic carboxylic acids is 2. The average Bonchev–Trinajstić information content (AvgIpc) is 2.70. The first-order valence-electron chi connectivity index (χ1n) is 11.7. The summed E-state index contributed by atoms with van der Waals surface area (Å²) in [7, 11) is 12.3. The number of carboxylic acid groups (broad SMARTS) is 2. The molecule has 1 unspecified atom stereocenters. The van der Waals surface area contributed by atoms with Crippen LogP contribution in [-0.4, -0.2) is 117 Å². The highest BCUT2D eigenvalue weighted by atomic mass is 35.5. The smallest absolute Gasteiger partial charge is 0.333 e. The van der Waals surface area contributed by atoms with Crippen LogP contribution < -0.4 is 12.4 Å². The summed E-state index contributed by atoms with van der Waals surface area (Å²) < 4.78 is 11.7. The summed E-state index contributed by atoms with van der Waals surface area (Å²) in [6, 6.07) is 0. The van der Waals surface area contributed by atoms with Gasteiger partial charge in [0.1, 0.15) is 26.3 Å². The number of quaternary nitrogens is 2. The number of rotatable bonds is 13. The van der Waals surface area contributed by atoms with E-state index in [2.05, 4.69) is 34.3 Å². The first-order chi connectivity index (χ1) is 16.1. The number of hydrogen-bond acceptors (Lipinski definition) is 6. The number of carbonyl (C=O) groups is 4. The minimum Gasteiger partial charge on any atom is -1.00 e. The third-order valence-electron chi connectivity index (χ3n) is 4.69. The molecule has 0 saturated heterocycles. The zero-order chi connectivity index (χ0) is 29.3. The third kappa shape index (κ3) is 35.5. The molecule has 0 aromatic carbocycles. The molecule has 0 aliphatic rings. The van der Waals surface area contributed by atoms with Crippen molar-refractivity contribution in [2.75, 3.05) is 68.6 Å². The molecule has 0 bridgehead atoms. The molecule has 0 amide bonds. The molecule has 39 heavy (non-hydrogen) atoms. The molecule has 0 aromatic heterocycles. The summed E-state index contributed by atoms with van der Waals surface area (Å²) in [6.07, 6.45) is 1.83. The Morgan fingerprint density at radius 3 is 1.56 bits per heavy atom. The van der Waals surface area contributed by atoms with E-state index in [0.717, 1.165) is 28.1 Å². The van der Waals surface area contributed by atoms with Crippen LogP contribution in [0.15, 0.2) is 24.8 Å². The van der Waals surface area contributed by atoms with Crippen molar-refractivity contribution >= 4 is 23.9 Å². The Hall–Kier alpha value is -2.47. The molecule has 12 heteroatoms. The van der Waals surface area contributed by atoms with Gasteiger partial charge in [-0.2, -0.15) is 0 Å². The van der Waals surface area contributed by atoms with Crippen molar-refractivity contribution in [1.29, 1.82) is 0 Å². The van der Waals surface area contributed by atoms with E-state index in [-0.39, 0.29) is 37.2 Å². The fourth-order valence-electron chi connectivity index (χ4n) is 1.95. The molecule has 0 heterocycles. The molecule has 0 rings (SSSR count). The molecule has 0 fully saturated rings. The number of esters is 2. The monoisotopic (exact) mass is 587 g/mol. The van der Waals surface area contributed by atoms with Crippen LogP contribution in [0.25, 0.3) is 0 Å². The van der Waals surface area contributed by atoms with Crippen molar-refractivity contribution in [3.63, 3.8) is 0 Å². The largest absolute Gasteiger partial charge is 1.00 e. The molecule has 0 aromatic rings. The zero-order valence-corrected chi connectivity index (χ0v) is 25.7. The van der Waals surface area contributed by atoms with Gasteiger partial charge in [-0.05, 0) is 33.6 Å². The number of carbonyl (C=O) groups excluding carboxylic acids is 2. The summed E-state index contributed by atoms with van der Waals surface area (Å²) in [4.78, 5) is 42.9. The molecule has 0 spiro atoms. The van der Waals surface area contributed by atoms with Gasteiger partial charge in [0, 0.05) is 11.6 Å². The molecular weight excluding hydrogens is 532 g/mol. The van der Waals surface area contributed by atoms with Crippen LogP contribution in [0, 0.1) is 11.3 Å². The highest BCUT2D eigenvalue weighted by Gasteiger charge is 2.30. The lowest BCUT2D eigenvalue weighted by Gasteiger charge is -2.26. The molecule has 234 valence electrons. The number of carboxylic acids is 2. The van der Waals surface area contributed by atoms with E-state index in [1.54, 1.807) is 27.7 Å². The fourth-order valence-corrected chi connectivity index (χ4v) is 1.95. The van der Waals surface area contributed by atoms with Gasteiger partial charge in [-0.15, -0.1) is 0 Å². The highest BCUT2D eigenvalue weighted by molar-refractivity contribution is 5.86. The Labute approximate surface area is 242 Å². The first-order valence-corrected chi connectivity index (χ1v) is 11.7. The van der Waals surface area contributed by atoms with E-state index in [0.29, 0.717) is 31.6 Å². The SMILES string of the molecule is C.C=C(C)C(=O)OCC[N+](C)(C)C.C=CC(=O)O.CC(CCC(C)(C)C(=O)OCC[N+](C)(C)C)C(=O)O.O.[Cl-]. The Kier molecular flexibility index (Phi) is 29.7. The minimum atomic E-state index is -0.981. The quantitative estimate of drug-likeness (QED) is 0.168. The first kappa shape index (κ1) is 49.5. The van der Waals surface area contributed by atoms with Gasteiger partial charge in [-0.1, -0.05) is 27.5 Å². The van der Waals surface area contributed by atoms with Gasteiger partial charge in [-0.25, -0.2) is 9.59 Å². The van der Waals surface area contributed by atoms with Gasteiger partial charge in [0.15, 0.2) is 0 Å². The highest BCUT2D eigenvalue weighted by Crippen LogP contribution is 2.26. The molecule has 0 aliphatic carbocycles. The molecule has 1 atom stereocenters. The van der Waals surface area contributed by atoms with E-state index >= 15 is 0 Å². The maximum atomic E-state index is 12.0. The van der Waals surface area contributed by atoms with Crippen LogP contribution in [0.4, 0.5) is 0 Å². The van der Waals surface area contributed by atoms with Crippen LogP contribution in [0.2, 0.25) is 0 Å². The summed E-state index contributed by atoms with van der Waals surface area (Å²) in [5.41, 5.74) is -0.175. The Morgan fingerprint density at radius 1 is 0.923 bits per heavy atom. The second-order valence-corrected chi connectivity index (χ2v) is 11.3. The van der Waals surface area contributed by atoms with E-state index in [9.17, 15) is 19.2 Å². The van der Waals surface area contributed by atoms with Crippen molar-refractivity contribution in [1.82, 2.24) is 0 Å². The van der Waals surface area contributed by atoms with E-state index in [4.69, 9.17) is 19.7 Å². The van der Waals surface area contributed by atoms with Gasteiger partial charge >= 0.3 is 23.9 Å². The van der Waals surface area contributed by atoms with Crippen LogP contribution in [0.1, 0.15) is 48.0 Å². The van der Waals surface area contributed by atoms with Crippen molar-refractivity contribution in [2.24, 2.45) is 11.3 Å². The predicted molar refractivity (Wildman–Crippen MR) is 151 cm³/mol. The third-order valence-corrected chi connectivity index (χ3v) is 4.69. The van der Waals surface area contributed by atoms with Gasteiger partial charge in [0.25, 0.3) is 0 Å². The van der Waals surface area contributed by atoms with Crippen molar-refractivity contribution in [2.45, 2.75) is 48.0 Å². The summed E-state index contributed by atoms with van der Waals surface area (Å²) in [5.74, 6) is -2.79. The van der Waals surface area contributed by atoms with Gasteiger partial charge < -0.3 is 46.5 Å². The van der Waals surface area contributed by atoms with Crippen LogP contribution in [0.3, 0.4) is 0 Å². The summed E-state index contributed by atoms with van der Waals surface area (Å²) >= 11 is 0. The number of likely N-dealkylation sites (N-methyl/N-ethyl adjacent to an activating group) is 2. The fraction of sp³-hybridized carbons (Fsp3) is 0.704. The molecule has 0 saturated carbocycles. The summed E-state index contributed by atoms with van der Waals surface area (Å²) in [6.45, 7) is 15.8. The Balaban J connectivity index is -0.000000118. The van der Waals surface area contributed by atoms with Crippen molar-refractivity contribution in [3.05, 3.63) is 24.8 Å². The molecule has 11 nitrogen and oxygen atoms in total. The van der Waals surface area contributed by atoms with Gasteiger partial charge in [-0.3, -0.25) is 9.59 Å². The van der Waals surface area contributed by atoms with Crippen LogP contribution in [0.5, 0.6) is 0 Å². The number of nitrogens with zero attached hydrogens (tertiary/aromatic N) is 2. The second kappa shape index (κ2) is 23.4. The van der Waals surface area contributed by atoms with E-state index < -0.39 is 23.3 Å². The van der Waals surface area contributed by atoms with Gasteiger partial charge in [0.05, 0.1) is 53.6 Å². The van der Waals surface area contributed by atoms with Crippen molar-refractivity contribution < 1.29 is 65.7 Å². The van der Waals surface area contributed by atoms with Crippen molar-refractivity contribution in [3.8, 4) is 0 Å². The maximum absolute atomic E-state index is 12.0. The topological polar surface area (TPSA) is 159 Å². The number of hydrogen-bond donors (Lipinski definition) is 2. The molecular formula is C27H56ClN2O9+. The summed E-state index contributed by atoms with van der Waals surface area (Å²) in [5, 5.41) is 16.4. The van der Waals surface area contributed by atoms with Gasteiger partial charge in [0.2, 0.25) is 0 Å². The lowest BCUT2D eigenvalue weighted by atomic mass is 9.85. The normalized spacial score (nSPS) is 11.0. The molecule has 0 radical (unpaired) electrons. The van der Waals surface area contributed by atoms with E-state index in [1.165, 1.54) is 0 Å².